The third-order valence-corrected chi connectivity index (χ3v) is 12.0. The van der Waals surface area contributed by atoms with Crippen LogP contribution in [0.25, 0.3) is 109 Å². The van der Waals surface area contributed by atoms with Gasteiger partial charge in [-0.25, -0.2) is 15.0 Å². The summed E-state index contributed by atoms with van der Waals surface area (Å²) in [6.07, 6.45) is 0. The molecule has 2 aromatic heterocycles. The zero-order valence-electron chi connectivity index (χ0n) is 30.8. The molecular weight excluding hydrogens is 711 g/mol. The Labute approximate surface area is 334 Å². The average molecular weight is 744 g/mol. The minimum atomic E-state index is 0.635. The molecule has 0 saturated carbocycles. The molecule has 9 aromatic carbocycles. The Morgan fingerprint density at radius 1 is 0.281 bits per heavy atom. The van der Waals surface area contributed by atoms with Gasteiger partial charge < -0.3 is 0 Å². The van der Waals surface area contributed by atoms with Crippen LogP contribution in [0.2, 0.25) is 0 Å². The molecule has 0 aliphatic heterocycles. The van der Waals surface area contributed by atoms with E-state index in [0.717, 1.165) is 22.3 Å². The third kappa shape index (κ3) is 5.95. The fourth-order valence-corrected chi connectivity index (χ4v) is 9.29. The van der Waals surface area contributed by atoms with Crippen molar-refractivity contribution in [2.45, 2.75) is 0 Å². The lowest BCUT2D eigenvalue weighted by Crippen LogP contribution is -2.00. The molecule has 0 bridgehead atoms. The number of hydrogen-bond donors (Lipinski definition) is 0. The molecule has 11 aromatic rings. The second kappa shape index (κ2) is 13.8. The van der Waals surface area contributed by atoms with Gasteiger partial charge in [0.25, 0.3) is 0 Å². The number of nitrogens with zero attached hydrogens (tertiary/aromatic N) is 3. The molecule has 0 atom stereocenters. The van der Waals surface area contributed by atoms with Crippen molar-refractivity contribution in [2.24, 2.45) is 0 Å². The number of fused-ring (bicyclic) bond motifs is 5. The zero-order valence-corrected chi connectivity index (χ0v) is 31.6. The van der Waals surface area contributed by atoms with Gasteiger partial charge in [-0.1, -0.05) is 158 Å². The summed E-state index contributed by atoms with van der Waals surface area (Å²) in [4.78, 5) is 15.5. The van der Waals surface area contributed by atoms with E-state index in [1.54, 1.807) is 0 Å². The number of thiophene rings is 1. The topological polar surface area (TPSA) is 38.7 Å². The first-order valence-corrected chi connectivity index (χ1v) is 20.0. The van der Waals surface area contributed by atoms with Crippen molar-refractivity contribution in [3.63, 3.8) is 0 Å². The number of benzene rings is 9. The number of aromatic nitrogens is 3. The smallest absolute Gasteiger partial charge is 0.164 e. The molecule has 0 unspecified atom stereocenters. The highest BCUT2D eigenvalue weighted by molar-refractivity contribution is 7.26. The summed E-state index contributed by atoms with van der Waals surface area (Å²) in [5, 5.41) is 7.35. The fourth-order valence-electron chi connectivity index (χ4n) is 8.17. The van der Waals surface area contributed by atoms with Crippen LogP contribution in [0, 0.1) is 0 Å². The van der Waals surface area contributed by atoms with E-state index >= 15 is 0 Å². The van der Waals surface area contributed by atoms with Gasteiger partial charge in [0, 0.05) is 36.9 Å². The van der Waals surface area contributed by atoms with Crippen LogP contribution in [0.4, 0.5) is 0 Å². The lowest BCUT2D eigenvalue weighted by atomic mass is 9.92. The maximum Gasteiger partial charge on any atom is 0.164 e. The van der Waals surface area contributed by atoms with Crippen molar-refractivity contribution in [1.82, 2.24) is 15.0 Å². The van der Waals surface area contributed by atoms with Crippen LogP contribution in [0.1, 0.15) is 0 Å². The summed E-state index contributed by atoms with van der Waals surface area (Å²) in [5.74, 6) is 1.92. The monoisotopic (exact) mass is 743 g/mol. The number of rotatable bonds is 6. The van der Waals surface area contributed by atoms with E-state index in [-0.39, 0.29) is 0 Å². The molecule has 0 aliphatic rings. The van der Waals surface area contributed by atoms with Gasteiger partial charge in [-0.3, -0.25) is 0 Å². The lowest BCUT2D eigenvalue weighted by Gasteiger charge is -2.13. The van der Waals surface area contributed by atoms with Crippen molar-refractivity contribution in [2.75, 3.05) is 0 Å². The predicted molar refractivity (Wildman–Crippen MR) is 240 cm³/mol. The fraction of sp³-hybridized carbons (Fsp3) is 0. The van der Waals surface area contributed by atoms with Gasteiger partial charge in [-0.2, -0.15) is 0 Å². The Kier molecular flexibility index (Phi) is 8.01. The second-order valence-corrected chi connectivity index (χ2v) is 15.5. The molecule has 11 rings (SSSR count). The van der Waals surface area contributed by atoms with Crippen LogP contribution in [0.3, 0.4) is 0 Å². The van der Waals surface area contributed by atoms with Crippen LogP contribution in [0.15, 0.2) is 200 Å². The summed E-state index contributed by atoms with van der Waals surface area (Å²) in [6, 6.07) is 71.1. The first-order chi connectivity index (χ1) is 28.2. The highest BCUT2D eigenvalue weighted by atomic mass is 32.1. The van der Waals surface area contributed by atoms with Gasteiger partial charge in [0.1, 0.15) is 0 Å². The van der Waals surface area contributed by atoms with Crippen molar-refractivity contribution >= 4 is 53.1 Å². The van der Waals surface area contributed by atoms with Gasteiger partial charge >= 0.3 is 0 Å². The molecule has 2 heterocycles. The minimum absolute atomic E-state index is 0.635. The van der Waals surface area contributed by atoms with E-state index in [2.05, 4.69) is 182 Å². The van der Waals surface area contributed by atoms with Gasteiger partial charge in [0.15, 0.2) is 17.5 Å². The van der Waals surface area contributed by atoms with E-state index in [1.807, 2.05) is 29.5 Å². The average Bonchev–Trinajstić information content (AvgIpc) is 3.67. The van der Waals surface area contributed by atoms with Crippen LogP contribution in [-0.2, 0) is 0 Å². The third-order valence-electron chi connectivity index (χ3n) is 10.9. The van der Waals surface area contributed by atoms with Crippen molar-refractivity contribution in [3.05, 3.63) is 200 Å². The van der Waals surface area contributed by atoms with Crippen molar-refractivity contribution in [3.8, 4) is 67.5 Å². The zero-order chi connectivity index (χ0) is 37.7. The molecule has 266 valence electrons. The molecule has 3 nitrogen and oxygen atoms in total. The van der Waals surface area contributed by atoms with Crippen LogP contribution in [0.5, 0.6) is 0 Å². The highest BCUT2D eigenvalue weighted by Crippen LogP contribution is 2.43. The number of hydrogen-bond acceptors (Lipinski definition) is 4. The summed E-state index contributed by atoms with van der Waals surface area (Å²) in [7, 11) is 0. The molecule has 0 aliphatic carbocycles. The van der Waals surface area contributed by atoms with E-state index < -0.39 is 0 Å². The first-order valence-electron chi connectivity index (χ1n) is 19.2. The molecular formula is C53H33N3S. The summed E-state index contributed by atoms with van der Waals surface area (Å²) in [6.45, 7) is 0. The van der Waals surface area contributed by atoms with E-state index in [0.29, 0.717) is 17.5 Å². The SMILES string of the molecule is c1ccc(-c2cc(-c3cccc(-c4nc(-c5ccccc5)nc(-c5ccc6sc7cccc(-c8cccc9ccccc89)c7c6c5)n4)c3)c3ccccc3c2)cc1. The standard InChI is InChI=1S/C53H33N3S/c1-3-14-34(15-4-1)41-31-37-19-8-10-24-43(37)46(33-41)38-21-11-22-39(30-38)52-54-51(36-17-5-2-6-18-36)55-53(56-52)40-28-29-48-47(32-40)50-45(26-13-27-49(50)57-48)44-25-12-20-35-16-7-9-23-42(35)44/h1-33H. The van der Waals surface area contributed by atoms with Crippen LogP contribution >= 0.6 is 11.3 Å². The van der Waals surface area contributed by atoms with Gasteiger partial charge in [-0.15, -0.1) is 11.3 Å². The summed E-state index contributed by atoms with van der Waals surface area (Å²) in [5.41, 5.74) is 9.95. The Morgan fingerprint density at radius 2 is 0.842 bits per heavy atom. The molecule has 4 heteroatoms. The molecule has 0 N–H and O–H groups in total. The van der Waals surface area contributed by atoms with Gasteiger partial charge in [0.05, 0.1) is 0 Å². The molecule has 0 saturated heterocycles. The van der Waals surface area contributed by atoms with Crippen LogP contribution < -0.4 is 0 Å². The lowest BCUT2D eigenvalue weighted by molar-refractivity contribution is 1.07. The largest absolute Gasteiger partial charge is 0.208 e. The van der Waals surface area contributed by atoms with Crippen molar-refractivity contribution in [1.29, 1.82) is 0 Å². The highest BCUT2D eigenvalue weighted by Gasteiger charge is 2.18. The Bertz CT molecular complexity index is 3290. The van der Waals surface area contributed by atoms with E-state index in [1.165, 1.54) is 69.5 Å². The Morgan fingerprint density at radius 3 is 1.63 bits per heavy atom. The molecule has 0 amide bonds. The van der Waals surface area contributed by atoms with E-state index in [4.69, 9.17) is 15.0 Å². The Hall–Kier alpha value is -7.27. The Balaban J connectivity index is 1.08. The van der Waals surface area contributed by atoms with Crippen molar-refractivity contribution < 1.29 is 0 Å². The van der Waals surface area contributed by atoms with Gasteiger partial charge in [-0.05, 0) is 97.4 Å². The molecule has 0 radical (unpaired) electrons. The summed E-state index contributed by atoms with van der Waals surface area (Å²) >= 11 is 1.83. The maximum atomic E-state index is 5.24. The minimum Gasteiger partial charge on any atom is -0.208 e. The quantitative estimate of drug-likeness (QED) is 0.170. The summed E-state index contributed by atoms with van der Waals surface area (Å²) < 4.78 is 2.49. The van der Waals surface area contributed by atoms with Crippen LogP contribution in [-0.4, -0.2) is 15.0 Å². The maximum absolute atomic E-state index is 5.24. The molecule has 0 spiro atoms. The molecule has 57 heavy (non-hydrogen) atoms. The first kappa shape index (κ1) is 33.1. The molecule has 0 fully saturated rings. The normalized spacial score (nSPS) is 11.5. The van der Waals surface area contributed by atoms with E-state index in [9.17, 15) is 0 Å². The van der Waals surface area contributed by atoms with Gasteiger partial charge in [0.2, 0.25) is 0 Å². The second-order valence-electron chi connectivity index (χ2n) is 14.4. The predicted octanol–water partition coefficient (Wildman–Crippen LogP) is 14.5.